The monoisotopic (exact) mass is 340 g/mol. The fourth-order valence-electron chi connectivity index (χ4n) is 3.03. The quantitative estimate of drug-likeness (QED) is 0.846. The lowest BCUT2D eigenvalue weighted by Gasteiger charge is -2.15. The Morgan fingerprint density at radius 2 is 2.28 bits per heavy atom. The Kier molecular flexibility index (Phi) is 5.79. The topological polar surface area (TPSA) is 71.5 Å². The van der Waals surface area contributed by atoms with Crippen molar-refractivity contribution in [2.45, 2.75) is 44.8 Å². The summed E-state index contributed by atoms with van der Waals surface area (Å²) in [7, 11) is 0. The fraction of sp³-hybridized carbons (Fsp3) is 0.400. The van der Waals surface area contributed by atoms with Gasteiger partial charge in [-0.25, -0.2) is 0 Å². The van der Waals surface area contributed by atoms with E-state index in [9.17, 15) is 9.90 Å². The number of aliphatic hydroxyl groups is 1. The van der Waals surface area contributed by atoms with E-state index in [4.69, 9.17) is 4.74 Å². The molecule has 2 aromatic rings. The predicted molar refractivity (Wildman–Crippen MR) is 96.3 cm³/mol. The zero-order valence-electron chi connectivity index (χ0n) is 14.4. The number of anilines is 1. The molecule has 1 fully saturated rings. The van der Waals surface area contributed by atoms with Crippen LogP contribution in [0.5, 0.6) is 0 Å². The van der Waals surface area contributed by atoms with Crippen LogP contribution in [-0.2, 0) is 9.53 Å². The number of rotatable bonds is 6. The molecule has 0 aliphatic carbocycles. The van der Waals surface area contributed by atoms with Crippen molar-refractivity contribution < 1.29 is 14.6 Å². The lowest BCUT2D eigenvalue weighted by atomic mass is 10.0. The highest BCUT2D eigenvalue weighted by Crippen LogP contribution is 2.25. The molecule has 3 rings (SSSR count). The molecule has 2 atom stereocenters. The molecule has 1 saturated heterocycles. The van der Waals surface area contributed by atoms with E-state index in [1.54, 1.807) is 12.3 Å². The smallest absolute Gasteiger partial charge is 0.224 e. The summed E-state index contributed by atoms with van der Waals surface area (Å²) in [5.74, 6) is -0.0249. The van der Waals surface area contributed by atoms with E-state index in [1.165, 1.54) is 0 Å². The third-order valence-electron chi connectivity index (χ3n) is 4.54. The molecule has 1 aromatic carbocycles. The van der Waals surface area contributed by atoms with Crippen LogP contribution in [0, 0.1) is 6.92 Å². The molecule has 25 heavy (non-hydrogen) atoms. The van der Waals surface area contributed by atoms with Gasteiger partial charge in [-0.2, -0.15) is 0 Å². The highest BCUT2D eigenvalue weighted by atomic mass is 16.5. The van der Waals surface area contributed by atoms with Crippen LogP contribution in [0.2, 0.25) is 0 Å². The molecule has 0 bridgehead atoms. The normalized spacial score (nSPS) is 18.1. The van der Waals surface area contributed by atoms with Gasteiger partial charge >= 0.3 is 0 Å². The Balaban J connectivity index is 1.65. The standard InChI is InChI=1S/C20H24N2O3/c1-14-7-8-15(20(24)17-6-2-3-11-21-17)13-18(14)22-19(23)10-9-16-5-4-12-25-16/h2-3,6-8,11,13,16,20,24H,4-5,9-10,12H2,1H3,(H,22,23). The number of aliphatic hydroxyl groups excluding tert-OH is 1. The number of benzene rings is 1. The van der Waals surface area contributed by atoms with Crippen LogP contribution in [-0.4, -0.2) is 28.7 Å². The lowest BCUT2D eigenvalue weighted by Crippen LogP contribution is -2.16. The van der Waals surface area contributed by atoms with E-state index in [2.05, 4.69) is 10.3 Å². The molecular weight excluding hydrogens is 316 g/mol. The Morgan fingerprint density at radius 1 is 1.40 bits per heavy atom. The maximum Gasteiger partial charge on any atom is 0.224 e. The van der Waals surface area contributed by atoms with Crippen molar-refractivity contribution in [3.05, 3.63) is 59.4 Å². The summed E-state index contributed by atoms with van der Waals surface area (Å²) in [5.41, 5.74) is 2.98. The van der Waals surface area contributed by atoms with Crippen LogP contribution in [0.3, 0.4) is 0 Å². The van der Waals surface area contributed by atoms with Gasteiger partial charge in [0, 0.05) is 24.9 Å². The van der Waals surface area contributed by atoms with Gasteiger partial charge in [0.1, 0.15) is 6.10 Å². The maximum atomic E-state index is 12.2. The highest BCUT2D eigenvalue weighted by molar-refractivity contribution is 5.91. The van der Waals surface area contributed by atoms with Gasteiger partial charge in [-0.3, -0.25) is 9.78 Å². The lowest BCUT2D eigenvalue weighted by molar-refractivity contribution is -0.116. The summed E-state index contributed by atoms with van der Waals surface area (Å²) in [6.45, 7) is 2.74. The number of carbonyl (C=O) groups is 1. The number of carbonyl (C=O) groups excluding carboxylic acids is 1. The number of nitrogens with one attached hydrogen (secondary N) is 1. The van der Waals surface area contributed by atoms with E-state index < -0.39 is 6.10 Å². The SMILES string of the molecule is Cc1ccc(C(O)c2ccccn2)cc1NC(=O)CCC1CCCO1. The second-order valence-electron chi connectivity index (χ2n) is 6.45. The van der Waals surface area contributed by atoms with Gasteiger partial charge in [-0.1, -0.05) is 18.2 Å². The van der Waals surface area contributed by atoms with Crippen molar-refractivity contribution >= 4 is 11.6 Å². The molecule has 1 aliphatic rings. The first kappa shape index (κ1) is 17.6. The number of nitrogens with zero attached hydrogens (tertiary/aromatic N) is 1. The van der Waals surface area contributed by atoms with E-state index in [0.29, 0.717) is 17.7 Å². The average molecular weight is 340 g/mol. The number of aromatic nitrogens is 1. The first-order valence-corrected chi connectivity index (χ1v) is 8.74. The van der Waals surface area contributed by atoms with Crippen molar-refractivity contribution in [3.8, 4) is 0 Å². The largest absolute Gasteiger partial charge is 0.382 e. The number of amides is 1. The van der Waals surface area contributed by atoms with Gasteiger partial charge in [0.15, 0.2) is 0 Å². The van der Waals surface area contributed by atoms with Crippen LogP contribution < -0.4 is 5.32 Å². The minimum Gasteiger partial charge on any atom is -0.382 e. The summed E-state index contributed by atoms with van der Waals surface area (Å²) >= 11 is 0. The molecule has 1 aliphatic heterocycles. The maximum absolute atomic E-state index is 12.2. The molecule has 132 valence electrons. The number of pyridine rings is 1. The first-order chi connectivity index (χ1) is 12.1. The zero-order chi connectivity index (χ0) is 17.6. The first-order valence-electron chi connectivity index (χ1n) is 8.74. The van der Waals surface area contributed by atoms with E-state index in [1.807, 2.05) is 37.3 Å². The van der Waals surface area contributed by atoms with Crippen molar-refractivity contribution in [3.63, 3.8) is 0 Å². The molecule has 1 amide bonds. The third-order valence-corrected chi connectivity index (χ3v) is 4.54. The summed E-state index contributed by atoms with van der Waals surface area (Å²) in [4.78, 5) is 16.4. The van der Waals surface area contributed by atoms with E-state index >= 15 is 0 Å². The molecule has 0 radical (unpaired) electrons. The van der Waals surface area contributed by atoms with Crippen molar-refractivity contribution in [2.24, 2.45) is 0 Å². The fourth-order valence-corrected chi connectivity index (χ4v) is 3.03. The average Bonchev–Trinajstić information content (AvgIpc) is 3.15. The van der Waals surface area contributed by atoms with Gasteiger partial charge in [-0.05, 0) is 55.5 Å². The molecule has 2 unspecified atom stereocenters. The number of ether oxygens (including phenoxy) is 1. The van der Waals surface area contributed by atoms with Crippen LogP contribution in [0.4, 0.5) is 5.69 Å². The van der Waals surface area contributed by atoms with Crippen LogP contribution in [0.1, 0.15) is 48.6 Å². The molecule has 0 spiro atoms. The summed E-state index contributed by atoms with van der Waals surface area (Å²) in [5, 5.41) is 13.5. The molecule has 5 heteroatoms. The molecule has 1 aromatic heterocycles. The third kappa shape index (κ3) is 4.65. The van der Waals surface area contributed by atoms with Gasteiger partial charge < -0.3 is 15.2 Å². The minimum absolute atomic E-state index is 0.0249. The van der Waals surface area contributed by atoms with Crippen molar-refractivity contribution in [1.82, 2.24) is 4.98 Å². The molecule has 0 saturated carbocycles. The Labute approximate surface area is 148 Å². The van der Waals surface area contributed by atoms with Crippen molar-refractivity contribution in [2.75, 3.05) is 11.9 Å². The second kappa shape index (κ2) is 8.23. The molecular formula is C20H24N2O3. The zero-order valence-corrected chi connectivity index (χ0v) is 14.4. The summed E-state index contributed by atoms with van der Waals surface area (Å²) in [6.07, 6.45) is 4.36. The number of hydrogen-bond donors (Lipinski definition) is 2. The number of hydrogen-bond acceptors (Lipinski definition) is 4. The Morgan fingerprint density at radius 3 is 3.00 bits per heavy atom. The highest BCUT2D eigenvalue weighted by Gasteiger charge is 2.18. The van der Waals surface area contributed by atoms with Gasteiger partial charge in [0.05, 0.1) is 11.8 Å². The second-order valence-corrected chi connectivity index (χ2v) is 6.45. The predicted octanol–water partition coefficient (Wildman–Crippen LogP) is 3.37. The van der Waals surface area contributed by atoms with Gasteiger partial charge in [-0.15, -0.1) is 0 Å². The van der Waals surface area contributed by atoms with E-state index in [0.717, 1.165) is 37.1 Å². The van der Waals surface area contributed by atoms with Crippen LogP contribution >= 0.6 is 0 Å². The van der Waals surface area contributed by atoms with E-state index in [-0.39, 0.29) is 12.0 Å². The van der Waals surface area contributed by atoms with Crippen molar-refractivity contribution in [1.29, 1.82) is 0 Å². The summed E-state index contributed by atoms with van der Waals surface area (Å²) < 4.78 is 5.56. The number of aryl methyl sites for hydroxylation is 1. The Hall–Kier alpha value is -2.24. The minimum atomic E-state index is -0.815. The molecule has 2 N–H and O–H groups in total. The van der Waals surface area contributed by atoms with Gasteiger partial charge in [0.2, 0.25) is 5.91 Å². The summed E-state index contributed by atoms with van der Waals surface area (Å²) in [6, 6.07) is 11.0. The van der Waals surface area contributed by atoms with Crippen LogP contribution in [0.25, 0.3) is 0 Å². The van der Waals surface area contributed by atoms with Crippen LogP contribution in [0.15, 0.2) is 42.6 Å². The molecule has 5 nitrogen and oxygen atoms in total. The Bertz CT molecular complexity index is 712. The van der Waals surface area contributed by atoms with Gasteiger partial charge in [0.25, 0.3) is 0 Å². The molecule has 2 heterocycles.